The molecule has 4 nitrogen and oxygen atoms in total. The molecule has 0 bridgehead atoms. The molecule has 106 valence electrons. The van der Waals surface area contributed by atoms with E-state index in [2.05, 4.69) is 0 Å². The number of benzene rings is 2. The molecule has 1 amide bonds. The van der Waals surface area contributed by atoms with Gasteiger partial charge >= 0.3 is 0 Å². The van der Waals surface area contributed by atoms with Crippen molar-refractivity contribution in [2.75, 3.05) is 17.2 Å². The van der Waals surface area contributed by atoms with E-state index in [1.165, 1.54) is 6.26 Å². The summed E-state index contributed by atoms with van der Waals surface area (Å²) in [6.07, 6.45) is 1.52. The van der Waals surface area contributed by atoms with Crippen LogP contribution < -0.4 is 10.6 Å². The predicted molar refractivity (Wildman–Crippen MR) is 84.4 cm³/mol. The van der Waals surface area contributed by atoms with Gasteiger partial charge in [0.1, 0.15) is 11.8 Å². The first-order chi connectivity index (χ1) is 10.2. The number of hydrogen-bond donors (Lipinski definition) is 1. The molecule has 1 heterocycles. The minimum atomic E-state index is -0.0766. The SMILES string of the molecule is CCN(C(=O)c1coc2ccccc12)c1ccc(N)cc1. The number of amides is 1. The fraction of sp³-hybridized carbons (Fsp3) is 0.118. The maximum absolute atomic E-state index is 12.8. The highest BCUT2D eigenvalue weighted by Gasteiger charge is 2.20. The van der Waals surface area contributed by atoms with Gasteiger partial charge in [0.05, 0.1) is 5.56 Å². The Morgan fingerprint density at radius 2 is 1.86 bits per heavy atom. The second-order valence-corrected chi connectivity index (χ2v) is 4.79. The summed E-state index contributed by atoms with van der Waals surface area (Å²) in [5, 5.41) is 0.830. The number of nitrogens with zero attached hydrogens (tertiary/aromatic N) is 1. The van der Waals surface area contributed by atoms with Crippen LogP contribution in [0.25, 0.3) is 11.0 Å². The van der Waals surface area contributed by atoms with Crippen molar-refractivity contribution in [3.8, 4) is 0 Å². The van der Waals surface area contributed by atoms with Crippen LogP contribution in [0.3, 0.4) is 0 Å². The van der Waals surface area contributed by atoms with Crippen molar-refractivity contribution < 1.29 is 9.21 Å². The molecule has 21 heavy (non-hydrogen) atoms. The predicted octanol–water partition coefficient (Wildman–Crippen LogP) is 3.68. The van der Waals surface area contributed by atoms with Crippen LogP contribution in [-0.4, -0.2) is 12.5 Å². The van der Waals surface area contributed by atoms with Gasteiger partial charge in [-0.25, -0.2) is 0 Å². The van der Waals surface area contributed by atoms with Crippen LogP contribution in [0.1, 0.15) is 17.3 Å². The van der Waals surface area contributed by atoms with E-state index >= 15 is 0 Å². The Morgan fingerprint density at radius 1 is 1.14 bits per heavy atom. The van der Waals surface area contributed by atoms with Gasteiger partial charge in [0.15, 0.2) is 0 Å². The summed E-state index contributed by atoms with van der Waals surface area (Å²) in [6, 6.07) is 14.8. The maximum atomic E-state index is 12.8. The van der Waals surface area contributed by atoms with Crippen LogP contribution in [0.5, 0.6) is 0 Å². The number of anilines is 2. The third-order valence-electron chi connectivity index (χ3n) is 3.48. The Hall–Kier alpha value is -2.75. The molecule has 3 aromatic rings. The average Bonchev–Trinajstić information content (AvgIpc) is 2.94. The molecule has 0 unspecified atom stereocenters. The zero-order valence-electron chi connectivity index (χ0n) is 11.7. The van der Waals surface area contributed by atoms with Crippen LogP contribution in [0.4, 0.5) is 11.4 Å². The molecule has 2 N–H and O–H groups in total. The topological polar surface area (TPSA) is 59.5 Å². The van der Waals surface area contributed by atoms with E-state index in [-0.39, 0.29) is 5.91 Å². The van der Waals surface area contributed by atoms with E-state index in [4.69, 9.17) is 10.2 Å². The largest absolute Gasteiger partial charge is 0.463 e. The highest BCUT2D eigenvalue weighted by molar-refractivity contribution is 6.13. The van der Waals surface area contributed by atoms with Crippen molar-refractivity contribution in [3.05, 3.63) is 60.4 Å². The van der Waals surface area contributed by atoms with Gasteiger partial charge in [-0.05, 0) is 37.3 Å². The van der Waals surface area contributed by atoms with Crippen LogP contribution in [0.2, 0.25) is 0 Å². The van der Waals surface area contributed by atoms with Crippen molar-refractivity contribution in [3.63, 3.8) is 0 Å². The Kier molecular flexibility index (Phi) is 3.36. The smallest absolute Gasteiger partial charge is 0.262 e. The Labute approximate surface area is 122 Å². The lowest BCUT2D eigenvalue weighted by Gasteiger charge is -2.20. The number of fused-ring (bicyclic) bond motifs is 1. The molecule has 0 aliphatic heterocycles. The summed E-state index contributed by atoms with van der Waals surface area (Å²) in [5.41, 5.74) is 8.48. The van der Waals surface area contributed by atoms with Crippen molar-refractivity contribution in [1.29, 1.82) is 0 Å². The first-order valence-electron chi connectivity index (χ1n) is 6.84. The van der Waals surface area contributed by atoms with Gasteiger partial charge < -0.3 is 15.1 Å². The highest BCUT2D eigenvalue weighted by atomic mass is 16.3. The second-order valence-electron chi connectivity index (χ2n) is 4.79. The fourth-order valence-corrected chi connectivity index (χ4v) is 2.39. The average molecular weight is 280 g/mol. The van der Waals surface area contributed by atoms with E-state index in [0.717, 1.165) is 11.1 Å². The Morgan fingerprint density at radius 3 is 2.57 bits per heavy atom. The third kappa shape index (κ3) is 2.36. The summed E-state index contributed by atoms with van der Waals surface area (Å²) < 4.78 is 5.45. The monoisotopic (exact) mass is 280 g/mol. The van der Waals surface area contributed by atoms with Gasteiger partial charge in [0, 0.05) is 23.3 Å². The van der Waals surface area contributed by atoms with E-state index in [9.17, 15) is 4.79 Å². The van der Waals surface area contributed by atoms with E-state index in [1.54, 1.807) is 17.0 Å². The van der Waals surface area contributed by atoms with Crippen LogP contribution >= 0.6 is 0 Å². The van der Waals surface area contributed by atoms with Gasteiger partial charge in [0.2, 0.25) is 0 Å². The minimum absolute atomic E-state index is 0.0766. The fourth-order valence-electron chi connectivity index (χ4n) is 2.39. The minimum Gasteiger partial charge on any atom is -0.463 e. The number of hydrogen-bond acceptors (Lipinski definition) is 3. The molecule has 0 spiro atoms. The van der Waals surface area contributed by atoms with E-state index < -0.39 is 0 Å². The first kappa shape index (κ1) is 13.2. The normalized spacial score (nSPS) is 10.7. The summed E-state index contributed by atoms with van der Waals surface area (Å²) in [6.45, 7) is 2.51. The molecule has 2 aromatic carbocycles. The Bertz CT molecular complexity index is 775. The highest BCUT2D eigenvalue weighted by Crippen LogP contribution is 2.25. The zero-order chi connectivity index (χ0) is 14.8. The van der Waals surface area contributed by atoms with Crippen LogP contribution in [0, 0.1) is 0 Å². The van der Waals surface area contributed by atoms with Crippen LogP contribution in [-0.2, 0) is 0 Å². The summed E-state index contributed by atoms with van der Waals surface area (Å²) >= 11 is 0. The third-order valence-corrected chi connectivity index (χ3v) is 3.48. The molecule has 0 saturated heterocycles. The van der Waals surface area contributed by atoms with Gasteiger partial charge in [-0.3, -0.25) is 4.79 Å². The van der Waals surface area contributed by atoms with E-state index in [0.29, 0.717) is 23.4 Å². The molecule has 0 fully saturated rings. The lowest BCUT2D eigenvalue weighted by atomic mass is 10.1. The molecule has 1 aromatic heterocycles. The summed E-state index contributed by atoms with van der Waals surface area (Å²) in [7, 11) is 0. The molecule has 0 aliphatic carbocycles. The first-order valence-corrected chi connectivity index (χ1v) is 6.84. The molecule has 3 rings (SSSR count). The van der Waals surface area contributed by atoms with Crippen LogP contribution in [0.15, 0.2) is 59.2 Å². The van der Waals surface area contributed by atoms with Crippen molar-refractivity contribution in [1.82, 2.24) is 0 Å². The number of rotatable bonds is 3. The molecule has 0 saturated carbocycles. The second kappa shape index (κ2) is 5.32. The lowest BCUT2D eigenvalue weighted by molar-refractivity contribution is 0.0989. The quantitative estimate of drug-likeness (QED) is 0.744. The van der Waals surface area contributed by atoms with Gasteiger partial charge in [-0.2, -0.15) is 0 Å². The number of nitrogens with two attached hydrogens (primary N) is 1. The number of nitrogen functional groups attached to an aromatic ring is 1. The van der Waals surface area contributed by atoms with Crippen molar-refractivity contribution in [2.24, 2.45) is 0 Å². The molecular weight excluding hydrogens is 264 g/mol. The number of carbonyl (C=O) groups excluding carboxylic acids is 1. The van der Waals surface area contributed by atoms with Crippen molar-refractivity contribution >= 4 is 28.3 Å². The van der Waals surface area contributed by atoms with Gasteiger partial charge in [-0.15, -0.1) is 0 Å². The lowest BCUT2D eigenvalue weighted by Crippen LogP contribution is -2.30. The Balaban J connectivity index is 2.01. The number of carbonyl (C=O) groups is 1. The zero-order valence-corrected chi connectivity index (χ0v) is 11.7. The molecule has 0 atom stereocenters. The summed E-state index contributed by atoms with van der Waals surface area (Å²) in [5.74, 6) is -0.0766. The number of furan rings is 1. The van der Waals surface area contributed by atoms with Gasteiger partial charge in [0.25, 0.3) is 5.91 Å². The summed E-state index contributed by atoms with van der Waals surface area (Å²) in [4.78, 5) is 14.5. The molecular formula is C17H16N2O2. The number of para-hydroxylation sites is 1. The van der Waals surface area contributed by atoms with Crippen molar-refractivity contribution in [2.45, 2.75) is 6.92 Å². The molecule has 4 heteroatoms. The molecule has 0 radical (unpaired) electrons. The van der Waals surface area contributed by atoms with Gasteiger partial charge in [-0.1, -0.05) is 18.2 Å². The standard InChI is InChI=1S/C17H16N2O2/c1-2-19(13-9-7-12(18)8-10-13)17(20)15-11-21-16-6-4-3-5-14(15)16/h3-11H,2,18H2,1H3. The maximum Gasteiger partial charge on any atom is 0.262 e. The molecule has 0 aliphatic rings. The van der Waals surface area contributed by atoms with E-state index in [1.807, 2.05) is 43.3 Å².